The third-order valence-corrected chi connectivity index (χ3v) is 3.89. The van der Waals surface area contributed by atoms with Crippen molar-refractivity contribution < 1.29 is 4.79 Å². The van der Waals surface area contributed by atoms with E-state index in [0.29, 0.717) is 12.3 Å². The Labute approximate surface area is 126 Å². The van der Waals surface area contributed by atoms with Gasteiger partial charge >= 0.3 is 0 Å². The summed E-state index contributed by atoms with van der Waals surface area (Å²) in [4.78, 5) is 11.8. The summed E-state index contributed by atoms with van der Waals surface area (Å²) in [6.45, 7) is 2.93. The zero-order valence-electron chi connectivity index (χ0n) is 10.6. The average molecular weight is 377 g/mol. The summed E-state index contributed by atoms with van der Waals surface area (Å²) in [7, 11) is 0. The molecule has 0 aliphatic rings. The zero-order valence-corrected chi connectivity index (χ0v) is 13.8. The van der Waals surface area contributed by atoms with Crippen molar-refractivity contribution in [3.05, 3.63) is 34.3 Å². The second-order valence-electron chi connectivity index (χ2n) is 4.36. The third-order valence-electron chi connectivity index (χ3n) is 2.94. The fraction of sp³-hybridized carbons (Fsp3) is 0.500. The lowest BCUT2D eigenvalue weighted by Crippen LogP contribution is -2.30. The number of halogens is 2. The van der Waals surface area contributed by atoms with Crippen LogP contribution in [0, 0.1) is 5.92 Å². The van der Waals surface area contributed by atoms with Gasteiger partial charge in [0.25, 0.3) is 0 Å². The second-order valence-corrected chi connectivity index (χ2v) is 6.07. The molecule has 0 spiro atoms. The van der Waals surface area contributed by atoms with Gasteiger partial charge in [-0.25, -0.2) is 0 Å². The zero-order chi connectivity index (χ0) is 13.4. The van der Waals surface area contributed by atoms with E-state index in [1.807, 2.05) is 24.3 Å². The van der Waals surface area contributed by atoms with Crippen molar-refractivity contribution in [2.45, 2.75) is 26.2 Å². The molecule has 0 heterocycles. The lowest BCUT2D eigenvalue weighted by Gasteiger charge is -2.14. The van der Waals surface area contributed by atoms with Crippen LogP contribution in [0.1, 0.15) is 25.3 Å². The van der Waals surface area contributed by atoms with Crippen LogP contribution in [0.3, 0.4) is 0 Å². The normalized spacial score (nSPS) is 12.2. The maximum atomic E-state index is 11.8. The van der Waals surface area contributed by atoms with E-state index in [0.717, 1.165) is 34.8 Å². The Hall–Kier alpha value is -0.350. The number of hydrogen-bond acceptors (Lipinski definition) is 1. The fourth-order valence-electron chi connectivity index (χ4n) is 1.76. The van der Waals surface area contributed by atoms with Crippen molar-refractivity contribution in [3.63, 3.8) is 0 Å². The largest absolute Gasteiger partial charge is 0.356 e. The smallest absolute Gasteiger partial charge is 0.224 e. The summed E-state index contributed by atoms with van der Waals surface area (Å²) in [6, 6.07) is 7.87. The third kappa shape index (κ3) is 6.01. The molecule has 0 saturated heterocycles. The van der Waals surface area contributed by atoms with Crippen molar-refractivity contribution in [1.29, 1.82) is 0 Å². The van der Waals surface area contributed by atoms with Crippen molar-refractivity contribution >= 4 is 37.8 Å². The highest BCUT2D eigenvalue weighted by Gasteiger charge is 2.08. The minimum absolute atomic E-state index is 0.0983. The highest BCUT2D eigenvalue weighted by molar-refractivity contribution is 9.10. The number of carbonyl (C=O) groups is 1. The van der Waals surface area contributed by atoms with Gasteiger partial charge in [0.15, 0.2) is 0 Å². The number of nitrogens with one attached hydrogen (secondary N) is 1. The molecule has 0 aliphatic heterocycles. The SMILES string of the molecule is CCC(CCBr)CNC(=O)Cc1cccc(Br)c1. The molecular formula is C14H19Br2NO. The quantitative estimate of drug-likeness (QED) is 0.718. The van der Waals surface area contributed by atoms with E-state index in [-0.39, 0.29) is 5.91 Å². The predicted molar refractivity (Wildman–Crippen MR) is 83.0 cm³/mol. The standard InChI is InChI=1S/C14H19Br2NO/c1-2-11(6-7-15)10-17-14(18)9-12-4-3-5-13(16)8-12/h3-5,8,11H,2,6-7,9-10H2,1H3,(H,17,18). The highest BCUT2D eigenvalue weighted by atomic mass is 79.9. The summed E-state index contributed by atoms with van der Waals surface area (Å²) >= 11 is 6.85. The van der Waals surface area contributed by atoms with Crippen LogP contribution >= 0.6 is 31.9 Å². The number of rotatable bonds is 7. The molecule has 4 heteroatoms. The van der Waals surface area contributed by atoms with E-state index in [1.165, 1.54) is 0 Å². The molecule has 1 unspecified atom stereocenters. The van der Waals surface area contributed by atoms with Crippen molar-refractivity contribution in [1.82, 2.24) is 5.32 Å². The molecule has 2 nitrogen and oxygen atoms in total. The van der Waals surface area contributed by atoms with Gasteiger partial charge in [-0.05, 0) is 30.0 Å². The van der Waals surface area contributed by atoms with E-state index >= 15 is 0 Å². The summed E-state index contributed by atoms with van der Waals surface area (Å²) in [5, 5.41) is 4.00. The summed E-state index contributed by atoms with van der Waals surface area (Å²) in [5.41, 5.74) is 1.04. The van der Waals surface area contributed by atoms with Crippen molar-refractivity contribution in [3.8, 4) is 0 Å². The van der Waals surface area contributed by atoms with E-state index in [1.54, 1.807) is 0 Å². The van der Waals surface area contributed by atoms with E-state index in [4.69, 9.17) is 0 Å². The van der Waals surface area contributed by atoms with Crippen molar-refractivity contribution in [2.75, 3.05) is 11.9 Å². The van der Waals surface area contributed by atoms with Crippen LogP contribution in [0.2, 0.25) is 0 Å². The summed E-state index contributed by atoms with van der Waals surface area (Å²) in [6.07, 6.45) is 2.65. The van der Waals surface area contributed by atoms with Gasteiger partial charge < -0.3 is 5.32 Å². The van der Waals surface area contributed by atoms with Crippen LogP contribution in [-0.2, 0) is 11.2 Å². The Morgan fingerprint density at radius 1 is 1.44 bits per heavy atom. The highest BCUT2D eigenvalue weighted by Crippen LogP contribution is 2.12. The van der Waals surface area contributed by atoms with Crippen LogP contribution in [0.25, 0.3) is 0 Å². The van der Waals surface area contributed by atoms with Gasteiger partial charge in [-0.15, -0.1) is 0 Å². The number of carbonyl (C=O) groups excluding carboxylic acids is 1. The molecular weight excluding hydrogens is 358 g/mol. The minimum atomic E-state index is 0.0983. The van der Waals surface area contributed by atoms with E-state index in [2.05, 4.69) is 44.1 Å². The maximum absolute atomic E-state index is 11.8. The Morgan fingerprint density at radius 2 is 2.22 bits per heavy atom. The monoisotopic (exact) mass is 375 g/mol. The molecule has 0 bridgehead atoms. The van der Waals surface area contributed by atoms with Gasteiger partial charge in [0.05, 0.1) is 6.42 Å². The molecule has 0 aromatic heterocycles. The van der Waals surface area contributed by atoms with Crippen LogP contribution in [0.4, 0.5) is 0 Å². The number of benzene rings is 1. The van der Waals surface area contributed by atoms with Crippen molar-refractivity contribution in [2.24, 2.45) is 5.92 Å². The molecule has 1 aromatic rings. The first-order valence-electron chi connectivity index (χ1n) is 6.22. The molecule has 0 aliphatic carbocycles. The Balaban J connectivity index is 2.37. The van der Waals surface area contributed by atoms with E-state index < -0.39 is 0 Å². The first-order chi connectivity index (χ1) is 8.65. The number of alkyl halides is 1. The molecule has 1 N–H and O–H groups in total. The number of amides is 1. The average Bonchev–Trinajstić information content (AvgIpc) is 2.34. The van der Waals surface area contributed by atoms with Gasteiger partial charge in [0, 0.05) is 16.3 Å². The summed E-state index contributed by atoms with van der Waals surface area (Å²) < 4.78 is 1.01. The van der Waals surface area contributed by atoms with Crippen LogP contribution in [0.15, 0.2) is 28.7 Å². The maximum Gasteiger partial charge on any atom is 0.224 e. The topological polar surface area (TPSA) is 29.1 Å². The van der Waals surface area contributed by atoms with Crippen LogP contribution in [0.5, 0.6) is 0 Å². The Kier molecular flexibility index (Phi) is 7.59. The van der Waals surface area contributed by atoms with Gasteiger partial charge in [-0.1, -0.05) is 57.3 Å². The molecule has 1 amide bonds. The molecule has 100 valence electrons. The van der Waals surface area contributed by atoms with Gasteiger partial charge in [-0.3, -0.25) is 4.79 Å². The second kappa shape index (κ2) is 8.70. The first-order valence-corrected chi connectivity index (χ1v) is 8.14. The minimum Gasteiger partial charge on any atom is -0.356 e. The van der Waals surface area contributed by atoms with Crippen LogP contribution in [-0.4, -0.2) is 17.8 Å². The van der Waals surface area contributed by atoms with Gasteiger partial charge in [0.1, 0.15) is 0 Å². The Morgan fingerprint density at radius 3 is 2.83 bits per heavy atom. The molecule has 1 atom stereocenters. The predicted octanol–water partition coefficient (Wildman–Crippen LogP) is 3.92. The molecule has 0 fully saturated rings. The lowest BCUT2D eigenvalue weighted by atomic mass is 10.0. The first kappa shape index (κ1) is 15.7. The molecule has 1 rings (SSSR count). The fourth-order valence-corrected chi connectivity index (χ4v) is 2.85. The van der Waals surface area contributed by atoms with E-state index in [9.17, 15) is 4.79 Å². The summed E-state index contributed by atoms with van der Waals surface area (Å²) in [5.74, 6) is 0.664. The van der Waals surface area contributed by atoms with Gasteiger partial charge in [0.2, 0.25) is 5.91 Å². The number of hydrogen-bond donors (Lipinski definition) is 1. The molecule has 0 radical (unpaired) electrons. The lowest BCUT2D eigenvalue weighted by molar-refractivity contribution is -0.120. The Bertz CT molecular complexity index is 382. The molecule has 0 saturated carbocycles. The molecule has 1 aromatic carbocycles. The van der Waals surface area contributed by atoms with Gasteiger partial charge in [-0.2, -0.15) is 0 Å². The van der Waals surface area contributed by atoms with Crippen LogP contribution < -0.4 is 5.32 Å². The molecule has 18 heavy (non-hydrogen) atoms.